The minimum atomic E-state index is -2.68. The summed E-state index contributed by atoms with van der Waals surface area (Å²) in [7, 11) is 1.61. The van der Waals surface area contributed by atoms with Crippen LogP contribution in [0.3, 0.4) is 0 Å². The maximum atomic E-state index is 13.1. The van der Waals surface area contributed by atoms with E-state index in [1.807, 2.05) is 6.07 Å². The molecule has 5 rings (SSSR count). The number of carbonyl (C=O) groups excluding carboxylic acids is 1. The molecule has 2 aromatic heterocycles. The molecule has 0 radical (unpaired) electrons. The summed E-state index contributed by atoms with van der Waals surface area (Å²) in [5, 5.41) is 15.0. The molecule has 0 aliphatic carbocycles. The molecule has 1 aliphatic heterocycles. The van der Waals surface area contributed by atoms with Crippen LogP contribution in [-0.2, 0) is 22.5 Å². The van der Waals surface area contributed by atoms with Crippen LogP contribution in [0.1, 0.15) is 23.5 Å². The maximum Gasteiger partial charge on any atom is 0.275 e. The Kier molecular flexibility index (Phi) is 7.02. The van der Waals surface area contributed by atoms with Crippen molar-refractivity contribution in [1.29, 1.82) is 5.26 Å². The van der Waals surface area contributed by atoms with Gasteiger partial charge in [-0.05, 0) is 18.6 Å². The van der Waals surface area contributed by atoms with E-state index in [9.17, 15) is 23.6 Å². The zero-order chi connectivity index (χ0) is 26.8. The number of aromatic amines is 1. The van der Waals surface area contributed by atoms with Gasteiger partial charge in [0.1, 0.15) is 30.8 Å². The van der Waals surface area contributed by atoms with Crippen LogP contribution in [0.2, 0.25) is 0 Å². The number of alkyl halides is 2. The molecule has 0 saturated carbocycles. The van der Waals surface area contributed by atoms with E-state index >= 15 is 0 Å². The number of likely N-dealkylation sites (tertiary alicyclic amines) is 1. The smallest absolute Gasteiger partial charge is 0.275 e. The van der Waals surface area contributed by atoms with Gasteiger partial charge in [-0.25, -0.2) is 18.4 Å². The lowest BCUT2D eigenvalue weighted by Crippen LogP contribution is -2.37. The number of rotatable bonds is 8. The van der Waals surface area contributed by atoms with Crippen LogP contribution in [0.5, 0.6) is 5.75 Å². The number of hydrogen-bond acceptors (Lipinski definition) is 7. The zero-order valence-corrected chi connectivity index (χ0v) is 20.5. The molecular weight excluding hydrogens is 498 g/mol. The minimum absolute atomic E-state index is 0.0216. The second kappa shape index (κ2) is 10.5. The number of hydrogen-bond donors (Lipinski definition) is 1. The Labute approximate surface area is 215 Å². The van der Waals surface area contributed by atoms with Gasteiger partial charge < -0.3 is 19.4 Å². The fourth-order valence-corrected chi connectivity index (χ4v) is 4.61. The standard InChI is InChI=1S/C26H24F2N6O4/c1-37-16-6-7-33(12-16)25(35)13-34-26(36)18-5-3-2-4-17(18)19(32-34)10-24-30-20-8-15(11-29)22(9-21(20)31-24)38-14-23(27)28/h2-5,8-9,16,23H,6-7,10,12-14H2,1H3,(H,30,31). The van der Waals surface area contributed by atoms with Gasteiger partial charge in [0.15, 0.2) is 0 Å². The summed E-state index contributed by atoms with van der Waals surface area (Å²) in [4.78, 5) is 35.4. The first-order valence-corrected chi connectivity index (χ1v) is 12.0. The van der Waals surface area contributed by atoms with E-state index < -0.39 is 13.0 Å². The van der Waals surface area contributed by atoms with Crippen LogP contribution >= 0.6 is 0 Å². The zero-order valence-electron chi connectivity index (χ0n) is 20.5. The highest BCUT2D eigenvalue weighted by Gasteiger charge is 2.27. The van der Waals surface area contributed by atoms with Crippen LogP contribution in [0.4, 0.5) is 8.78 Å². The SMILES string of the molecule is COC1CCN(C(=O)Cn2nc(Cc3nc4cc(C#N)c(OCC(F)F)cc4[nH]3)c3ccccc3c2=O)C1. The maximum absolute atomic E-state index is 13.1. The molecule has 1 unspecified atom stereocenters. The van der Waals surface area contributed by atoms with Gasteiger partial charge in [0.2, 0.25) is 5.91 Å². The molecule has 0 spiro atoms. The van der Waals surface area contributed by atoms with Gasteiger partial charge >= 0.3 is 0 Å². The molecule has 4 aromatic rings. The van der Waals surface area contributed by atoms with Crippen LogP contribution in [0.15, 0.2) is 41.2 Å². The summed E-state index contributed by atoms with van der Waals surface area (Å²) >= 11 is 0. The van der Waals surface area contributed by atoms with E-state index in [1.165, 1.54) is 16.8 Å². The highest BCUT2D eigenvalue weighted by atomic mass is 19.3. The monoisotopic (exact) mass is 522 g/mol. The molecular formula is C26H24F2N6O4. The first kappa shape index (κ1) is 25.3. The fraction of sp³-hybridized carbons (Fsp3) is 0.346. The van der Waals surface area contributed by atoms with Gasteiger partial charge in [0.25, 0.3) is 12.0 Å². The first-order chi connectivity index (χ1) is 18.4. The molecule has 1 aliphatic rings. The fourth-order valence-electron chi connectivity index (χ4n) is 4.61. The Bertz CT molecular complexity index is 1610. The lowest BCUT2D eigenvalue weighted by atomic mass is 10.1. The van der Waals surface area contributed by atoms with Gasteiger partial charge in [0, 0.05) is 31.7 Å². The molecule has 38 heavy (non-hydrogen) atoms. The number of aromatic nitrogens is 4. The number of benzene rings is 2. The summed E-state index contributed by atoms with van der Waals surface area (Å²) in [6.45, 7) is -0.0130. The first-order valence-electron chi connectivity index (χ1n) is 12.0. The van der Waals surface area contributed by atoms with Gasteiger partial charge in [-0.2, -0.15) is 10.4 Å². The molecule has 10 nitrogen and oxygen atoms in total. The molecule has 1 N–H and O–H groups in total. The number of nitriles is 1. The van der Waals surface area contributed by atoms with E-state index in [4.69, 9.17) is 9.47 Å². The minimum Gasteiger partial charge on any atom is -0.486 e. The van der Waals surface area contributed by atoms with Gasteiger partial charge in [0.05, 0.1) is 40.2 Å². The molecule has 3 heterocycles. The Morgan fingerprint density at radius 1 is 1.29 bits per heavy atom. The van der Waals surface area contributed by atoms with Crippen LogP contribution in [0.25, 0.3) is 21.8 Å². The summed E-state index contributed by atoms with van der Waals surface area (Å²) in [6, 6.07) is 11.9. The molecule has 2 aromatic carbocycles. The van der Waals surface area contributed by atoms with Crippen molar-refractivity contribution in [3.63, 3.8) is 0 Å². The second-order valence-corrected chi connectivity index (χ2v) is 8.98. The van der Waals surface area contributed by atoms with E-state index in [0.717, 1.165) is 6.42 Å². The summed E-state index contributed by atoms with van der Waals surface area (Å²) in [5.41, 5.74) is 1.19. The van der Waals surface area contributed by atoms with Crippen molar-refractivity contribution in [2.45, 2.75) is 31.9 Å². The summed E-state index contributed by atoms with van der Waals surface area (Å²) in [6.07, 6.45) is -1.77. The van der Waals surface area contributed by atoms with Gasteiger partial charge in [-0.15, -0.1) is 0 Å². The largest absolute Gasteiger partial charge is 0.486 e. The average Bonchev–Trinajstić information content (AvgIpc) is 3.56. The normalized spacial score (nSPS) is 15.4. The van der Waals surface area contributed by atoms with Gasteiger partial charge in [-0.1, -0.05) is 18.2 Å². The molecule has 1 saturated heterocycles. The lowest BCUT2D eigenvalue weighted by molar-refractivity contribution is -0.131. The number of nitrogens with one attached hydrogen (secondary N) is 1. The van der Waals surface area contributed by atoms with Crippen LogP contribution < -0.4 is 10.3 Å². The number of ether oxygens (including phenoxy) is 2. The van der Waals surface area contributed by atoms with Crippen molar-refractivity contribution in [3.05, 3.63) is 63.8 Å². The predicted octanol–water partition coefficient (Wildman–Crippen LogP) is 2.63. The van der Waals surface area contributed by atoms with Crippen LogP contribution in [0, 0.1) is 11.3 Å². The third-order valence-corrected chi connectivity index (χ3v) is 6.51. The molecule has 1 amide bonds. The number of fused-ring (bicyclic) bond motifs is 2. The number of imidazole rings is 1. The van der Waals surface area contributed by atoms with E-state index in [1.54, 1.807) is 36.3 Å². The van der Waals surface area contributed by atoms with Crippen molar-refractivity contribution >= 4 is 27.7 Å². The van der Waals surface area contributed by atoms with E-state index in [2.05, 4.69) is 15.1 Å². The van der Waals surface area contributed by atoms with E-state index in [-0.39, 0.29) is 41.8 Å². The van der Waals surface area contributed by atoms with Crippen molar-refractivity contribution in [2.24, 2.45) is 0 Å². The topological polar surface area (TPSA) is 126 Å². The number of nitrogens with zero attached hydrogens (tertiary/aromatic N) is 5. The number of halogens is 2. The third-order valence-electron chi connectivity index (χ3n) is 6.51. The van der Waals surface area contributed by atoms with Gasteiger partial charge in [-0.3, -0.25) is 9.59 Å². The Morgan fingerprint density at radius 3 is 2.79 bits per heavy atom. The molecule has 12 heteroatoms. The third kappa shape index (κ3) is 5.05. The second-order valence-electron chi connectivity index (χ2n) is 8.98. The van der Waals surface area contributed by atoms with Crippen molar-refractivity contribution in [3.8, 4) is 11.8 Å². The number of H-pyrrole nitrogens is 1. The number of carbonyl (C=O) groups is 1. The highest BCUT2D eigenvalue weighted by Crippen LogP contribution is 2.26. The number of amides is 1. The molecule has 0 bridgehead atoms. The Balaban J connectivity index is 1.47. The van der Waals surface area contributed by atoms with Crippen molar-refractivity contribution in [1.82, 2.24) is 24.6 Å². The van der Waals surface area contributed by atoms with Crippen molar-refractivity contribution in [2.75, 3.05) is 26.8 Å². The van der Waals surface area contributed by atoms with Crippen LogP contribution in [-0.4, -0.2) is 69.9 Å². The molecule has 1 atom stereocenters. The Morgan fingerprint density at radius 2 is 2.08 bits per heavy atom. The molecule has 1 fully saturated rings. The predicted molar refractivity (Wildman–Crippen MR) is 133 cm³/mol. The summed E-state index contributed by atoms with van der Waals surface area (Å²) in [5.74, 6) is 0.291. The lowest BCUT2D eigenvalue weighted by Gasteiger charge is -2.17. The summed E-state index contributed by atoms with van der Waals surface area (Å²) < 4.78 is 36.8. The number of methoxy groups -OCH3 is 1. The van der Waals surface area contributed by atoms with E-state index in [0.29, 0.717) is 46.4 Å². The highest BCUT2D eigenvalue weighted by molar-refractivity contribution is 5.85. The Hall–Kier alpha value is -4.37. The average molecular weight is 523 g/mol. The molecule has 196 valence electrons. The van der Waals surface area contributed by atoms with Crippen molar-refractivity contribution < 1.29 is 23.0 Å². The quantitative estimate of drug-likeness (QED) is 0.377.